The van der Waals surface area contributed by atoms with Crippen molar-refractivity contribution in [2.45, 2.75) is 6.92 Å². The molecule has 0 aliphatic heterocycles. The summed E-state index contributed by atoms with van der Waals surface area (Å²) in [6, 6.07) is 14.7. The molecule has 0 fully saturated rings. The van der Waals surface area contributed by atoms with Gasteiger partial charge < -0.3 is 9.73 Å². The number of anilines is 1. The number of pyridine rings is 2. The van der Waals surface area contributed by atoms with Gasteiger partial charge in [-0.15, -0.1) is 0 Å². The molecule has 5 heterocycles. The lowest BCUT2D eigenvalue weighted by atomic mass is 10.2. The molecule has 0 radical (unpaired) electrons. The normalized spacial score (nSPS) is 11.0. The van der Waals surface area contributed by atoms with Crippen LogP contribution in [0, 0.1) is 6.92 Å². The molecule has 5 rings (SSSR count). The van der Waals surface area contributed by atoms with Crippen LogP contribution in [0.4, 0.5) is 5.82 Å². The van der Waals surface area contributed by atoms with Crippen LogP contribution in [-0.4, -0.2) is 30.5 Å². The lowest BCUT2D eigenvalue weighted by Crippen LogP contribution is -2.13. The Balaban J connectivity index is 1.45. The Hall–Kier alpha value is -4.33. The Morgan fingerprint density at radius 2 is 1.97 bits per heavy atom. The smallest absolute Gasteiger partial charge is 0.262 e. The Kier molecular flexibility index (Phi) is 4.29. The van der Waals surface area contributed by atoms with E-state index in [0.29, 0.717) is 28.5 Å². The summed E-state index contributed by atoms with van der Waals surface area (Å²) in [5, 5.41) is 7.10. The molecule has 0 saturated carbocycles. The summed E-state index contributed by atoms with van der Waals surface area (Å²) in [6.45, 7) is 1.91. The molecule has 0 saturated heterocycles. The third-order valence-electron chi connectivity index (χ3n) is 4.63. The first-order valence-corrected chi connectivity index (χ1v) is 9.27. The van der Waals surface area contributed by atoms with E-state index in [9.17, 15) is 4.79 Å². The molecule has 0 spiro atoms. The summed E-state index contributed by atoms with van der Waals surface area (Å²) >= 11 is 0. The lowest BCUT2D eigenvalue weighted by Gasteiger charge is -2.06. The molecule has 1 N–H and O–H groups in total. The molecule has 0 aromatic carbocycles. The second kappa shape index (κ2) is 7.25. The van der Waals surface area contributed by atoms with E-state index in [1.54, 1.807) is 29.2 Å². The predicted molar refractivity (Wildman–Crippen MR) is 111 cm³/mol. The first kappa shape index (κ1) is 17.7. The maximum atomic E-state index is 12.9. The number of nitrogens with one attached hydrogen (secondary N) is 1. The number of furan rings is 1. The zero-order chi connectivity index (χ0) is 20.5. The van der Waals surface area contributed by atoms with Gasteiger partial charge in [-0.2, -0.15) is 5.10 Å². The van der Waals surface area contributed by atoms with Crippen LogP contribution in [0.5, 0.6) is 0 Å². The Morgan fingerprint density at radius 1 is 1.03 bits per heavy atom. The Labute approximate surface area is 171 Å². The molecular weight excluding hydrogens is 380 g/mol. The van der Waals surface area contributed by atoms with E-state index in [4.69, 9.17) is 4.42 Å². The first-order chi connectivity index (χ1) is 14.7. The molecule has 0 atom stereocenters. The predicted octanol–water partition coefficient (Wildman–Crippen LogP) is 4.01. The number of carbonyl (C=O) groups is 1. The van der Waals surface area contributed by atoms with Crippen molar-refractivity contribution in [2.75, 3.05) is 5.32 Å². The topological polar surface area (TPSA) is 98.2 Å². The fourth-order valence-electron chi connectivity index (χ4n) is 3.16. The Morgan fingerprint density at radius 3 is 2.70 bits per heavy atom. The van der Waals surface area contributed by atoms with Crippen molar-refractivity contribution in [1.29, 1.82) is 0 Å². The van der Waals surface area contributed by atoms with Crippen molar-refractivity contribution in [3.8, 4) is 22.7 Å². The van der Waals surface area contributed by atoms with Gasteiger partial charge in [-0.1, -0.05) is 6.07 Å². The van der Waals surface area contributed by atoms with E-state index in [1.165, 1.54) is 6.20 Å². The van der Waals surface area contributed by atoms with Crippen molar-refractivity contribution in [1.82, 2.24) is 24.6 Å². The van der Waals surface area contributed by atoms with Crippen molar-refractivity contribution in [3.63, 3.8) is 0 Å². The highest BCUT2D eigenvalue weighted by molar-refractivity contribution is 6.07. The number of carbonyl (C=O) groups excluding carboxylic acids is 1. The van der Waals surface area contributed by atoms with Crippen LogP contribution in [0.1, 0.15) is 16.1 Å². The number of fused-ring (bicyclic) bond motifs is 1. The van der Waals surface area contributed by atoms with Crippen LogP contribution in [-0.2, 0) is 0 Å². The van der Waals surface area contributed by atoms with Gasteiger partial charge in [0.05, 0.1) is 23.8 Å². The van der Waals surface area contributed by atoms with Crippen molar-refractivity contribution in [2.24, 2.45) is 0 Å². The van der Waals surface area contributed by atoms with Crippen LogP contribution in [0.15, 0.2) is 77.8 Å². The van der Waals surface area contributed by atoms with Crippen LogP contribution < -0.4 is 5.32 Å². The largest absolute Gasteiger partial charge is 0.464 e. The third-order valence-corrected chi connectivity index (χ3v) is 4.63. The van der Waals surface area contributed by atoms with Gasteiger partial charge in [-0.3, -0.25) is 9.78 Å². The van der Waals surface area contributed by atoms with E-state index >= 15 is 0 Å². The molecule has 30 heavy (non-hydrogen) atoms. The van der Waals surface area contributed by atoms with Gasteiger partial charge in [-0.05, 0) is 49.4 Å². The fraction of sp³-hybridized carbons (Fsp3) is 0.0455. The molecule has 146 valence electrons. The average molecular weight is 396 g/mol. The molecule has 5 aromatic heterocycles. The fourth-order valence-corrected chi connectivity index (χ4v) is 3.16. The highest BCUT2D eigenvalue weighted by Crippen LogP contribution is 2.22. The highest BCUT2D eigenvalue weighted by atomic mass is 16.3. The van der Waals surface area contributed by atoms with Crippen LogP contribution in [0.2, 0.25) is 0 Å². The van der Waals surface area contributed by atoms with E-state index in [0.717, 1.165) is 17.0 Å². The molecule has 8 heteroatoms. The highest BCUT2D eigenvalue weighted by Gasteiger charge is 2.17. The number of amides is 1. The van der Waals surface area contributed by atoms with Crippen LogP contribution in [0.3, 0.4) is 0 Å². The molecular formula is C22H16N6O2. The van der Waals surface area contributed by atoms with Gasteiger partial charge in [0.15, 0.2) is 5.65 Å². The van der Waals surface area contributed by atoms with E-state index in [2.05, 4.69) is 25.4 Å². The third kappa shape index (κ3) is 3.20. The van der Waals surface area contributed by atoms with Gasteiger partial charge in [-0.25, -0.2) is 14.5 Å². The van der Waals surface area contributed by atoms with Gasteiger partial charge in [0, 0.05) is 23.7 Å². The zero-order valence-electron chi connectivity index (χ0n) is 16.0. The number of nitrogens with zero attached hydrogens (tertiary/aromatic N) is 5. The van der Waals surface area contributed by atoms with E-state index in [-0.39, 0.29) is 5.91 Å². The van der Waals surface area contributed by atoms with Gasteiger partial charge in [0.1, 0.15) is 17.1 Å². The molecule has 0 unspecified atom stereocenters. The van der Waals surface area contributed by atoms with Crippen LogP contribution >= 0.6 is 0 Å². The lowest BCUT2D eigenvalue weighted by molar-refractivity contribution is 0.102. The summed E-state index contributed by atoms with van der Waals surface area (Å²) < 4.78 is 6.99. The second-order valence-electron chi connectivity index (χ2n) is 6.65. The van der Waals surface area contributed by atoms with Gasteiger partial charge >= 0.3 is 0 Å². The van der Waals surface area contributed by atoms with E-state index < -0.39 is 0 Å². The molecule has 0 bridgehead atoms. The summed E-state index contributed by atoms with van der Waals surface area (Å²) in [5.74, 6) is 0.797. The minimum Gasteiger partial charge on any atom is -0.464 e. The summed E-state index contributed by atoms with van der Waals surface area (Å²) in [6.07, 6.45) is 6.46. The number of aromatic nitrogens is 5. The zero-order valence-corrected chi connectivity index (χ0v) is 16.0. The monoisotopic (exact) mass is 396 g/mol. The number of aryl methyl sites for hydroxylation is 1. The standard InChI is InChI=1S/C22H16N6O2/c1-14-11-18(17-5-2-3-9-23-17)26-21-16(13-25-28(14)21)22(29)27-20-8-7-15(12-24-20)19-6-4-10-30-19/h2-13H,1H3,(H,24,27,29). The molecule has 0 aliphatic rings. The minimum absolute atomic E-state index is 0.340. The molecule has 0 aliphatic carbocycles. The summed E-state index contributed by atoms with van der Waals surface area (Å²) in [4.78, 5) is 26.1. The summed E-state index contributed by atoms with van der Waals surface area (Å²) in [5.41, 5.74) is 3.89. The number of rotatable bonds is 4. The number of hydrogen-bond donors (Lipinski definition) is 1. The molecule has 8 nitrogen and oxygen atoms in total. The first-order valence-electron chi connectivity index (χ1n) is 9.27. The van der Waals surface area contributed by atoms with Gasteiger partial charge in [0.25, 0.3) is 5.91 Å². The quantitative estimate of drug-likeness (QED) is 0.493. The van der Waals surface area contributed by atoms with Crippen molar-refractivity contribution >= 4 is 17.4 Å². The van der Waals surface area contributed by atoms with Gasteiger partial charge in [0.2, 0.25) is 0 Å². The number of hydrogen-bond acceptors (Lipinski definition) is 6. The average Bonchev–Trinajstić information content (AvgIpc) is 3.45. The Bertz CT molecular complexity index is 1330. The van der Waals surface area contributed by atoms with Crippen LogP contribution in [0.25, 0.3) is 28.4 Å². The maximum Gasteiger partial charge on any atom is 0.262 e. The maximum absolute atomic E-state index is 12.9. The van der Waals surface area contributed by atoms with Crippen molar-refractivity contribution in [3.05, 3.63) is 84.6 Å². The minimum atomic E-state index is -0.340. The SMILES string of the molecule is Cc1cc(-c2ccccn2)nc2c(C(=O)Nc3ccc(-c4ccco4)cn3)cnn12. The second-order valence-corrected chi connectivity index (χ2v) is 6.65. The van der Waals surface area contributed by atoms with E-state index in [1.807, 2.05) is 49.4 Å². The molecule has 1 amide bonds. The molecule has 5 aromatic rings. The summed E-state index contributed by atoms with van der Waals surface area (Å²) in [7, 11) is 0. The van der Waals surface area contributed by atoms with Crippen molar-refractivity contribution < 1.29 is 9.21 Å².